The van der Waals surface area contributed by atoms with Crippen LogP contribution in [0.5, 0.6) is 0 Å². The van der Waals surface area contributed by atoms with Crippen molar-refractivity contribution in [1.82, 2.24) is 4.85 Å². The molecule has 0 aliphatic carbocycles. The lowest BCUT2D eigenvalue weighted by Crippen LogP contribution is -2.38. The lowest BCUT2D eigenvalue weighted by Gasteiger charge is -2.09. The third-order valence-corrected chi connectivity index (χ3v) is 3.03. The highest BCUT2D eigenvalue weighted by Gasteiger charge is 2.22. The van der Waals surface area contributed by atoms with Crippen LogP contribution in [0.25, 0.3) is 10.9 Å². The maximum atomic E-state index is 12.0. The monoisotopic (exact) mass is 279 g/mol. The molecule has 0 fully saturated rings. The zero-order chi connectivity index (χ0) is 14.7. The molecular weight excluding hydrogens is 258 g/mol. The Morgan fingerprint density at radius 1 is 1.10 bits per heavy atom. The number of aromatic nitrogens is 2. The first-order valence-corrected chi connectivity index (χ1v) is 6.87. The topological polar surface area (TPSA) is 88.2 Å². The number of hydrogen-bond donors (Lipinski definition) is 4. The summed E-state index contributed by atoms with van der Waals surface area (Å²) in [6, 6.07) is 3.70. The Bertz CT molecular complexity index is 609. The molecule has 7 heteroatoms. The van der Waals surface area contributed by atoms with Gasteiger partial charge in [0.2, 0.25) is 0 Å². The predicted octanol–water partition coefficient (Wildman–Crippen LogP) is 1.81. The van der Waals surface area contributed by atoms with Crippen LogP contribution in [0.3, 0.4) is 0 Å². The van der Waals surface area contributed by atoms with Gasteiger partial charge in [-0.2, -0.15) is 0 Å². The van der Waals surface area contributed by atoms with Gasteiger partial charge in [-0.15, -0.1) is 4.85 Å². The summed E-state index contributed by atoms with van der Waals surface area (Å²) in [6.45, 7) is 7.97. The maximum Gasteiger partial charge on any atom is 0.311 e. The highest BCUT2D eigenvalue weighted by molar-refractivity contribution is 6.01. The zero-order valence-corrected chi connectivity index (χ0v) is 12.0. The minimum Gasteiger partial charge on any atom is -0.690 e. The van der Waals surface area contributed by atoms with E-state index in [1.165, 1.54) is 0 Å². The number of anilines is 3. The minimum atomic E-state index is 0.351. The zero-order valence-electron chi connectivity index (χ0n) is 12.0. The Hall–Kier alpha value is -2.31. The van der Waals surface area contributed by atoms with Gasteiger partial charge in [0.1, 0.15) is 10.9 Å². The van der Waals surface area contributed by atoms with Crippen LogP contribution >= 0.6 is 0 Å². The maximum absolute atomic E-state index is 12.0. The van der Waals surface area contributed by atoms with Crippen LogP contribution in [0.1, 0.15) is 20.8 Å². The van der Waals surface area contributed by atoms with Crippen LogP contribution in [0.15, 0.2) is 12.1 Å². The summed E-state index contributed by atoms with van der Waals surface area (Å²) < 4.78 is 0. The average Bonchev–Trinajstić information content (AvgIpc) is 2.66. The Morgan fingerprint density at radius 3 is 2.35 bits per heavy atom. The molecule has 0 saturated heterocycles. The van der Waals surface area contributed by atoms with Crippen molar-refractivity contribution >= 4 is 28.1 Å². The van der Waals surface area contributed by atoms with Gasteiger partial charge in [0.05, 0.1) is 12.2 Å². The molecular formula is C13H21N5O2. The molecule has 0 bridgehead atoms. The molecule has 0 aliphatic heterocycles. The molecule has 0 aliphatic rings. The smallest absolute Gasteiger partial charge is 0.311 e. The third kappa shape index (κ3) is 2.26. The van der Waals surface area contributed by atoms with E-state index in [0.29, 0.717) is 33.0 Å². The van der Waals surface area contributed by atoms with E-state index in [0.717, 1.165) is 24.5 Å². The van der Waals surface area contributed by atoms with Gasteiger partial charge in [0, 0.05) is 18.8 Å². The summed E-state index contributed by atoms with van der Waals surface area (Å²) in [5.74, 6) is 0.351. The number of hydrogen-bond acceptors (Lipinski definition) is 5. The van der Waals surface area contributed by atoms with E-state index < -0.39 is 0 Å². The summed E-state index contributed by atoms with van der Waals surface area (Å²) in [7, 11) is 0. The van der Waals surface area contributed by atoms with E-state index in [1.807, 2.05) is 26.8 Å². The molecule has 110 valence electrons. The van der Waals surface area contributed by atoms with Gasteiger partial charge in [0.25, 0.3) is 0 Å². The Labute approximate surface area is 117 Å². The van der Waals surface area contributed by atoms with Crippen molar-refractivity contribution in [3.05, 3.63) is 17.3 Å². The molecule has 1 aromatic heterocycles. The first kappa shape index (κ1) is 14.1. The van der Waals surface area contributed by atoms with Crippen LogP contribution in [0.2, 0.25) is 0 Å². The Morgan fingerprint density at radius 2 is 1.75 bits per heavy atom. The Balaban J connectivity index is 2.71. The van der Waals surface area contributed by atoms with Gasteiger partial charge >= 0.3 is 5.82 Å². The fraction of sp³-hybridized carbons (Fsp3) is 0.462. The second kappa shape index (κ2) is 5.77. The molecule has 7 nitrogen and oxygen atoms in total. The largest absolute Gasteiger partial charge is 0.690 e. The molecule has 0 saturated carbocycles. The molecule has 2 aromatic rings. The predicted molar refractivity (Wildman–Crippen MR) is 80.6 cm³/mol. The summed E-state index contributed by atoms with van der Waals surface area (Å²) in [6.07, 6.45) is 0. The molecule has 0 spiro atoms. The summed E-state index contributed by atoms with van der Waals surface area (Å²) in [5.41, 5.74) is 2.13. The van der Waals surface area contributed by atoms with Gasteiger partial charge in [-0.1, -0.05) is 0 Å². The van der Waals surface area contributed by atoms with E-state index in [-0.39, 0.29) is 0 Å². The van der Waals surface area contributed by atoms with Gasteiger partial charge < -0.3 is 21.0 Å². The standard InChI is InChI=1S/C13H21N5O2/c1-4-14-9-7-10(15-5-2)12-11(8-9)17(19)18(20)13(12)16-6-3/h7-8,14-16,19H,4-6H2,1-3H3. The lowest BCUT2D eigenvalue weighted by atomic mass is 10.1. The van der Waals surface area contributed by atoms with Crippen LogP contribution < -0.4 is 20.8 Å². The fourth-order valence-corrected chi connectivity index (χ4v) is 2.28. The molecule has 1 heterocycles. The molecule has 2 rings (SSSR count). The number of nitrogens with zero attached hydrogens (tertiary/aromatic N) is 2. The van der Waals surface area contributed by atoms with Gasteiger partial charge in [0.15, 0.2) is 0 Å². The summed E-state index contributed by atoms with van der Waals surface area (Å²) in [4.78, 5) is 1.08. The molecule has 1 aromatic carbocycles. The molecule has 20 heavy (non-hydrogen) atoms. The number of nitrogens with one attached hydrogen (secondary N) is 3. The van der Waals surface area contributed by atoms with Crippen molar-refractivity contribution < 1.29 is 10.1 Å². The van der Waals surface area contributed by atoms with Gasteiger partial charge in [-0.3, -0.25) is 5.32 Å². The lowest BCUT2D eigenvalue weighted by molar-refractivity contribution is -0.709. The molecule has 0 radical (unpaired) electrons. The van der Waals surface area contributed by atoms with Crippen LogP contribution in [0.4, 0.5) is 17.2 Å². The average molecular weight is 279 g/mol. The van der Waals surface area contributed by atoms with Crippen molar-refractivity contribution in [1.29, 1.82) is 0 Å². The van der Waals surface area contributed by atoms with E-state index in [9.17, 15) is 10.4 Å². The third-order valence-electron chi connectivity index (χ3n) is 3.03. The second-order valence-electron chi connectivity index (χ2n) is 4.42. The molecule has 4 N–H and O–H groups in total. The molecule has 0 amide bonds. The highest BCUT2D eigenvalue weighted by atomic mass is 16.6. The normalized spacial score (nSPS) is 10.8. The Kier molecular flexibility index (Phi) is 4.07. The van der Waals surface area contributed by atoms with E-state index in [1.54, 1.807) is 6.07 Å². The van der Waals surface area contributed by atoms with E-state index in [4.69, 9.17) is 0 Å². The van der Waals surface area contributed by atoms with Gasteiger partial charge in [-0.25, -0.2) is 0 Å². The van der Waals surface area contributed by atoms with Crippen LogP contribution in [0, 0.1) is 5.21 Å². The van der Waals surface area contributed by atoms with Gasteiger partial charge in [-0.05, 0) is 37.7 Å². The second-order valence-corrected chi connectivity index (χ2v) is 4.42. The van der Waals surface area contributed by atoms with Crippen molar-refractivity contribution in [3.8, 4) is 0 Å². The summed E-state index contributed by atoms with van der Waals surface area (Å²) in [5, 5.41) is 32.1. The quantitative estimate of drug-likeness (QED) is 0.368. The first-order chi connectivity index (χ1) is 9.63. The number of fused-ring (bicyclic) bond motifs is 1. The molecule has 0 unspecified atom stereocenters. The van der Waals surface area contributed by atoms with Crippen molar-refractivity contribution in [2.24, 2.45) is 0 Å². The summed E-state index contributed by atoms with van der Waals surface area (Å²) >= 11 is 0. The first-order valence-electron chi connectivity index (χ1n) is 6.87. The minimum absolute atomic E-state index is 0.351. The van der Waals surface area contributed by atoms with Crippen molar-refractivity contribution in [2.75, 3.05) is 35.6 Å². The van der Waals surface area contributed by atoms with Crippen LogP contribution in [-0.4, -0.2) is 29.7 Å². The van der Waals surface area contributed by atoms with Crippen molar-refractivity contribution in [3.63, 3.8) is 0 Å². The molecule has 0 atom stereocenters. The van der Waals surface area contributed by atoms with Crippen molar-refractivity contribution in [2.45, 2.75) is 20.8 Å². The number of rotatable bonds is 6. The number of benzene rings is 1. The SMILES string of the molecule is CCNc1cc(NCC)c2c(NCC)[n+]([O-])n(O)c2c1. The van der Waals surface area contributed by atoms with Crippen LogP contribution in [-0.2, 0) is 0 Å². The van der Waals surface area contributed by atoms with E-state index in [2.05, 4.69) is 16.0 Å². The van der Waals surface area contributed by atoms with E-state index >= 15 is 0 Å². The fourth-order valence-electron chi connectivity index (χ4n) is 2.28. The highest BCUT2D eigenvalue weighted by Crippen LogP contribution is 2.32.